The molecule has 0 aliphatic carbocycles. The highest BCUT2D eigenvalue weighted by atomic mass is 16.5. The van der Waals surface area contributed by atoms with Crippen LogP contribution in [-0.2, 0) is 11.3 Å². The van der Waals surface area contributed by atoms with Gasteiger partial charge in [0.25, 0.3) is 0 Å². The second-order valence-electron chi connectivity index (χ2n) is 5.91. The van der Waals surface area contributed by atoms with Gasteiger partial charge in [-0.15, -0.1) is 0 Å². The summed E-state index contributed by atoms with van der Waals surface area (Å²) in [6, 6.07) is 12.7. The number of methoxy groups -OCH3 is 3. The molecule has 150 valence electrons. The molecule has 8 nitrogen and oxygen atoms in total. The van der Waals surface area contributed by atoms with Gasteiger partial charge in [-0.1, -0.05) is 11.2 Å². The molecule has 1 N–H and O–H groups in total. The molecule has 2 aromatic carbocycles. The van der Waals surface area contributed by atoms with E-state index in [4.69, 9.17) is 18.7 Å². The standard InChI is InChI=1S/C21H21N3O5/c1-26-16-8-6-15(7-9-16)21-23-20(29-24-21)13-22-19(25)11-5-14-4-10-17(27-2)18(12-14)28-3/h4-12H,13H2,1-3H3,(H,22,25)/b11-5+. The summed E-state index contributed by atoms with van der Waals surface area (Å²) in [6.45, 7) is 0.123. The molecule has 0 saturated heterocycles. The molecule has 0 aliphatic rings. The molecule has 3 rings (SSSR count). The maximum Gasteiger partial charge on any atom is 0.246 e. The van der Waals surface area contributed by atoms with E-state index < -0.39 is 0 Å². The number of carbonyl (C=O) groups is 1. The van der Waals surface area contributed by atoms with Crippen LogP contribution >= 0.6 is 0 Å². The number of rotatable bonds is 8. The Balaban J connectivity index is 1.57. The van der Waals surface area contributed by atoms with Crippen molar-refractivity contribution in [1.82, 2.24) is 15.5 Å². The molecule has 0 saturated carbocycles. The first-order valence-corrected chi connectivity index (χ1v) is 8.78. The zero-order chi connectivity index (χ0) is 20.6. The number of nitrogens with zero attached hydrogens (tertiary/aromatic N) is 2. The number of aromatic nitrogens is 2. The van der Waals surface area contributed by atoms with Crippen LogP contribution in [0.4, 0.5) is 0 Å². The van der Waals surface area contributed by atoms with Crippen LogP contribution in [0.15, 0.2) is 53.1 Å². The first-order valence-electron chi connectivity index (χ1n) is 8.78. The van der Waals surface area contributed by atoms with E-state index >= 15 is 0 Å². The molecule has 8 heteroatoms. The first kappa shape index (κ1) is 19.9. The molecule has 1 amide bonds. The van der Waals surface area contributed by atoms with Crippen LogP contribution in [0.3, 0.4) is 0 Å². The number of hydrogen-bond acceptors (Lipinski definition) is 7. The molecular weight excluding hydrogens is 374 g/mol. The lowest BCUT2D eigenvalue weighted by Gasteiger charge is -2.07. The minimum Gasteiger partial charge on any atom is -0.497 e. The summed E-state index contributed by atoms with van der Waals surface area (Å²) in [7, 11) is 4.73. The van der Waals surface area contributed by atoms with Crippen LogP contribution in [0.25, 0.3) is 17.5 Å². The third kappa shape index (κ3) is 5.13. The zero-order valence-electron chi connectivity index (χ0n) is 16.3. The van der Waals surface area contributed by atoms with E-state index in [1.54, 1.807) is 39.5 Å². The van der Waals surface area contributed by atoms with Crippen LogP contribution in [-0.4, -0.2) is 37.4 Å². The van der Waals surface area contributed by atoms with E-state index in [2.05, 4.69) is 15.5 Å². The summed E-state index contributed by atoms with van der Waals surface area (Å²) in [5.41, 5.74) is 1.60. The Labute approximate surface area is 168 Å². The highest BCUT2D eigenvalue weighted by Crippen LogP contribution is 2.28. The fraction of sp³-hybridized carbons (Fsp3) is 0.190. The molecule has 1 aromatic heterocycles. The first-order chi connectivity index (χ1) is 14.1. The van der Waals surface area contributed by atoms with E-state index in [0.29, 0.717) is 23.2 Å². The number of nitrogens with one attached hydrogen (secondary N) is 1. The van der Waals surface area contributed by atoms with Crippen molar-refractivity contribution in [3.63, 3.8) is 0 Å². The molecule has 0 spiro atoms. The average Bonchev–Trinajstić information content (AvgIpc) is 3.25. The van der Waals surface area contributed by atoms with Crippen LogP contribution in [0, 0.1) is 0 Å². The monoisotopic (exact) mass is 395 g/mol. The lowest BCUT2D eigenvalue weighted by molar-refractivity contribution is -0.116. The van der Waals surface area contributed by atoms with Gasteiger partial charge in [-0.25, -0.2) is 0 Å². The maximum absolute atomic E-state index is 12.1. The molecular formula is C21H21N3O5. The Morgan fingerprint density at radius 1 is 1.03 bits per heavy atom. The topological polar surface area (TPSA) is 95.7 Å². The van der Waals surface area contributed by atoms with Gasteiger partial charge < -0.3 is 24.1 Å². The van der Waals surface area contributed by atoms with Gasteiger partial charge in [0.05, 0.1) is 27.9 Å². The Morgan fingerprint density at radius 3 is 2.48 bits per heavy atom. The Bertz CT molecular complexity index is 996. The molecule has 29 heavy (non-hydrogen) atoms. The van der Waals surface area contributed by atoms with Crippen molar-refractivity contribution in [2.75, 3.05) is 21.3 Å². The van der Waals surface area contributed by atoms with Crippen LogP contribution in [0.1, 0.15) is 11.5 Å². The zero-order valence-corrected chi connectivity index (χ0v) is 16.3. The number of ether oxygens (including phenoxy) is 3. The highest BCUT2D eigenvalue weighted by molar-refractivity contribution is 5.91. The third-order valence-electron chi connectivity index (χ3n) is 4.06. The van der Waals surface area contributed by atoms with Crippen molar-refractivity contribution in [1.29, 1.82) is 0 Å². The van der Waals surface area contributed by atoms with Crippen LogP contribution in [0.2, 0.25) is 0 Å². The second-order valence-corrected chi connectivity index (χ2v) is 5.91. The Kier molecular flexibility index (Phi) is 6.47. The predicted octanol–water partition coefficient (Wildman–Crippen LogP) is 3.09. The fourth-order valence-electron chi connectivity index (χ4n) is 2.53. The van der Waals surface area contributed by atoms with Gasteiger partial charge in [0, 0.05) is 11.6 Å². The van der Waals surface area contributed by atoms with Gasteiger partial charge in [-0.3, -0.25) is 4.79 Å². The largest absolute Gasteiger partial charge is 0.497 e. The average molecular weight is 395 g/mol. The normalized spacial score (nSPS) is 10.7. The van der Waals surface area contributed by atoms with E-state index in [0.717, 1.165) is 16.9 Å². The quantitative estimate of drug-likeness (QED) is 0.586. The molecule has 0 unspecified atom stereocenters. The van der Waals surface area contributed by atoms with Crippen LogP contribution < -0.4 is 19.5 Å². The van der Waals surface area contributed by atoms with Gasteiger partial charge in [0.1, 0.15) is 5.75 Å². The summed E-state index contributed by atoms with van der Waals surface area (Å²) in [4.78, 5) is 16.3. The third-order valence-corrected chi connectivity index (χ3v) is 4.06. The predicted molar refractivity (Wildman–Crippen MR) is 107 cm³/mol. The number of amides is 1. The Hall–Kier alpha value is -3.81. The Morgan fingerprint density at radius 2 is 1.79 bits per heavy atom. The fourth-order valence-corrected chi connectivity index (χ4v) is 2.53. The number of hydrogen-bond donors (Lipinski definition) is 1. The van der Waals surface area contributed by atoms with E-state index in [9.17, 15) is 4.79 Å². The molecule has 0 aliphatic heterocycles. The number of benzene rings is 2. The smallest absolute Gasteiger partial charge is 0.246 e. The SMILES string of the molecule is COc1ccc(-c2noc(CNC(=O)/C=C/c3ccc(OC)c(OC)c3)n2)cc1. The molecule has 0 radical (unpaired) electrons. The minimum absolute atomic E-state index is 0.123. The van der Waals surface area contributed by atoms with Crippen LogP contribution in [0.5, 0.6) is 17.2 Å². The molecule has 0 atom stereocenters. The maximum atomic E-state index is 12.1. The summed E-state index contributed by atoms with van der Waals surface area (Å²) < 4.78 is 20.7. The second kappa shape index (κ2) is 9.41. The van der Waals surface area contributed by atoms with Crippen molar-refractivity contribution in [2.45, 2.75) is 6.54 Å². The summed E-state index contributed by atoms with van der Waals surface area (Å²) in [5, 5.41) is 6.63. The molecule has 0 fully saturated rings. The van der Waals surface area contributed by atoms with Gasteiger partial charge >= 0.3 is 0 Å². The molecule has 3 aromatic rings. The van der Waals surface area contributed by atoms with E-state index in [-0.39, 0.29) is 12.5 Å². The van der Waals surface area contributed by atoms with Gasteiger partial charge in [-0.05, 0) is 48.0 Å². The van der Waals surface area contributed by atoms with Crippen molar-refractivity contribution >= 4 is 12.0 Å². The molecule has 0 bridgehead atoms. The van der Waals surface area contributed by atoms with Crippen molar-refractivity contribution in [3.05, 3.63) is 60.0 Å². The molecule has 1 heterocycles. The van der Waals surface area contributed by atoms with E-state index in [1.807, 2.05) is 30.3 Å². The van der Waals surface area contributed by atoms with Crippen molar-refractivity contribution in [3.8, 4) is 28.6 Å². The van der Waals surface area contributed by atoms with Gasteiger partial charge in [0.15, 0.2) is 11.5 Å². The number of carbonyl (C=O) groups excluding carboxylic acids is 1. The van der Waals surface area contributed by atoms with Crippen molar-refractivity contribution in [2.24, 2.45) is 0 Å². The van der Waals surface area contributed by atoms with Crippen molar-refractivity contribution < 1.29 is 23.5 Å². The summed E-state index contributed by atoms with van der Waals surface area (Å²) in [5.74, 6) is 2.42. The summed E-state index contributed by atoms with van der Waals surface area (Å²) in [6.07, 6.45) is 3.09. The van der Waals surface area contributed by atoms with Gasteiger partial charge in [-0.2, -0.15) is 4.98 Å². The minimum atomic E-state index is -0.288. The van der Waals surface area contributed by atoms with E-state index in [1.165, 1.54) is 6.08 Å². The lowest BCUT2D eigenvalue weighted by atomic mass is 10.2. The summed E-state index contributed by atoms with van der Waals surface area (Å²) >= 11 is 0. The lowest BCUT2D eigenvalue weighted by Crippen LogP contribution is -2.20. The highest BCUT2D eigenvalue weighted by Gasteiger charge is 2.09. The van der Waals surface area contributed by atoms with Gasteiger partial charge in [0.2, 0.25) is 17.6 Å².